The quantitative estimate of drug-likeness (QED) is 0.363. The van der Waals surface area contributed by atoms with E-state index in [4.69, 9.17) is 0 Å². The van der Waals surface area contributed by atoms with E-state index in [9.17, 15) is 10.1 Å². The fraction of sp³-hybridized carbons (Fsp3) is 0.167. The molecule has 98 valence electrons. The van der Waals surface area contributed by atoms with Gasteiger partial charge in [0, 0.05) is 24.2 Å². The van der Waals surface area contributed by atoms with Gasteiger partial charge in [-0.3, -0.25) is 14.7 Å². The number of nitro groups is 1. The summed E-state index contributed by atoms with van der Waals surface area (Å²) in [6, 6.07) is 6.26. The van der Waals surface area contributed by atoms with Gasteiger partial charge in [0.25, 0.3) is 5.69 Å². The number of thioether (sulfide) groups is 1. The van der Waals surface area contributed by atoms with E-state index < -0.39 is 4.92 Å². The number of non-ortho nitro benzene ring substituents is 1. The Balaban J connectivity index is 2.43. The SMILES string of the molecule is C=CCn1c(SC)nnc1-c1ccc([N+](=O)[O-])cc1. The summed E-state index contributed by atoms with van der Waals surface area (Å²) < 4.78 is 1.92. The minimum absolute atomic E-state index is 0.0589. The zero-order valence-corrected chi connectivity index (χ0v) is 11.1. The van der Waals surface area contributed by atoms with Crippen LogP contribution in [0.3, 0.4) is 0 Å². The summed E-state index contributed by atoms with van der Waals surface area (Å²) in [6.07, 6.45) is 3.68. The van der Waals surface area contributed by atoms with Crippen molar-refractivity contribution in [2.24, 2.45) is 0 Å². The molecule has 0 aliphatic carbocycles. The summed E-state index contributed by atoms with van der Waals surface area (Å²) in [5, 5.41) is 19.6. The monoisotopic (exact) mass is 276 g/mol. The topological polar surface area (TPSA) is 73.8 Å². The van der Waals surface area contributed by atoms with Gasteiger partial charge in [0.05, 0.1) is 4.92 Å². The van der Waals surface area contributed by atoms with Crippen molar-refractivity contribution in [3.63, 3.8) is 0 Å². The van der Waals surface area contributed by atoms with Crippen molar-refractivity contribution in [1.29, 1.82) is 0 Å². The molecule has 0 radical (unpaired) electrons. The van der Waals surface area contributed by atoms with Crippen LogP contribution >= 0.6 is 11.8 Å². The Labute approximate surface area is 114 Å². The van der Waals surface area contributed by atoms with E-state index in [2.05, 4.69) is 16.8 Å². The molecule has 0 saturated heterocycles. The van der Waals surface area contributed by atoms with Crippen molar-refractivity contribution in [2.75, 3.05) is 6.26 Å². The Bertz CT molecular complexity index is 607. The van der Waals surface area contributed by atoms with E-state index in [0.717, 1.165) is 10.7 Å². The second kappa shape index (κ2) is 5.66. The van der Waals surface area contributed by atoms with E-state index in [1.54, 1.807) is 18.2 Å². The third-order valence-electron chi connectivity index (χ3n) is 2.55. The molecule has 0 fully saturated rings. The summed E-state index contributed by atoms with van der Waals surface area (Å²) in [6.45, 7) is 4.30. The van der Waals surface area contributed by atoms with Crippen LogP contribution in [0.2, 0.25) is 0 Å². The predicted molar refractivity (Wildman–Crippen MR) is 74.1 cm³/mol. The number of rotatable bonds is 5. The Morgan fingerprint density at radius 1 is 1.42 bits per heavy atom. The van der Waals surface area contributed by atoms with Gasteiger partial charge < -0.3 is 0 Å². The zero-order chi connectivity index (χ0) is 13.8. The number of nitrogens with zero attached hydrogens (tertiary/aromatic N) is 4. The predicted octanol–water partition coefficient (Wildman–Crippen LogP) is 2.76. The van der Waals surface area contributed by atoms with Gasteiger partial charge in [-0.2, -0.15) is 0 Å². The first-order chi connectivity index (χ1) is 9.17. The lowest BCUT2D eigenvalue weighted by molar-refractivity contribution is -0.384. The third kappa shape index (κ3) is 2.65. The molecule has 1 heterocycles. The first-order valence-electron chi connectivity index (χ1n) is 5.50. The number of aromatic nitrogens is 3. The molecule has 0 atom stereocenters. The second-order valence-electron chi connectivity index (χ2n) is 3.71. The van der Waals surface area contributed by atoms with Gasteiger partial charge in [-0.1, -0.05) is 17.8 Å². The summed E-state index contributed by atoms with van der Waals surface area (Å²) in [5.41, 5.74) is 0.851. The molecule has 1 aromatic heterocycles. The second-order valence-corrected chi connectivity index (χ2v) is 4.49. The molecule has 0 saturated carbocycles. The maximum absolute atomic E-state index is 10.6. The maximum atomic E-state index is 10.6. The van der Waals surface area contributed by atoms with Crippen LogP contribution in [0.4, 0.5) is 5.69 Å². The van der Waals surface area contributed by atoms with Gasteiger partial charge in [0.2, 0.25) is 0 Å². The molecule has 1 aromatic carbocycles. The fourth-order valence-corrected chi connectivity index (χ4v) is 2.18. The summed E-state index contributed by atoms with van der Waals surface area (Å²) in [7, 11) is 0. The van der Waals surface area contributed by atoms with Crippen molar-refractivity contribution in [1.82, 2.24) is 14.8 Å². The van der Waals surface area contributed by atoms with Gasteiger partial charge in [0.15, 0.2) is 11.0 Å². The highest BCUT2D eigenvalue weighted by Crippen LogP contribution is 2.24. The molecular weight excluding hydrogens is 264 g/mol. The Kier molecular flexibility index (Phi) is 3.96. The molecule has 0 amide bonds. The van der Waals surface area contributed by atoms with Crippen molar-refractivity contribution in [3.8, 4) is 11.4 Å². The number of benzene rings is 1. The van der Waals surface area contributed by atoms with Crippen LogP contribution in [0, 0.1) is 10.1 Å². The zero-order valence-electron chi connectivity index (χ0n) is 10.3. The van der Waals surface area contributed by atoms with Gasteiger partial charge >= 0.3 is 0 Å². The average molecular weight is 276 g/mol. The van der Waals surface area contributed by atoms with Gasteiger partial charge in [0.1, 0.15) is 0 Å². The standard InChI is InChI=1S/C12H12N4O2S/c1-3-8-15-11(13-14-12(15)19-2)9-4-6-10(7-5-9)16(17)18/h3-7H,1,8H2,2H3. The van der Waals surface area contributed by atoms with E-state index in [1.807, 2.05) is 10.8 Å². The number of hydrogen-bond donors (Lipinski definition) is 0. The lowest BCUT2D eigenvalue weighted by atomic mass is 10.2. The number of hydrogen-bond acceptors (Lipinski definition) is 5. The van der Waals surface area contributed by atoms with Crippen LogP contribution in [0.5, 0.6) is 0 Å². The lowest BCUT2D eigenvalue weighted by Gasteiger charge is -2.06. The van der Waals surface area contributed by atoms with Crippen molar-refractivity contribution < 1.29 is 4.92 Å². The number of nitro benzene ring substituents is 1. The highest BCUT2D eigenvalue weighted by molar-refractivity contribution is 7.98. The summed E-state index contributed by atoms with van der Waals surface area (Å²) in [5.74, 6) is 0.680. The normalized spacial score (nSPS) is 10.4. The Hall–Kier alpha value is -2.15. The van der Waals surface area contributed by atoms with Crippen LogP contribution in [0.25, 0.3) is 11.4 Å². The van der Waals surface area contributed by atoms with Crippen LogP contribution < -0.4 is 0 Å². The Morgan fingerprint density at radius 2 is 2.11 bits per heavy atom. The fourth-order valence-electron chi connectivity index (χ4n) is 1.68. The summed E-state index contributed by atoms with van der Waals surface area (Å²) in [4.78, 5) is 10.2. The third-order valence-corrected chi connectivity index (χ3v) is 3.21. The molecule has 0 aliphatic rings. The van der Waals surface area contributed by atoms with Gasteiger partial charge in [-0.15, -0.1) is 16.8 Å². The van der Waals surface area contributed by atoms with E-state index in [0.29, 0.717) is 12.4 Å². The highest BCUT2D eigenvalue weighted by Gasteiger charge is 2.13. The minimum atomic E-state index is -0.425. The van der Waals surface area contributed by atoms with Gasteiger partial charge in [-0.25, -0.2) is 0 Å². The van der Waals surface area contributed by atoms with E-state index >= 15 is 0 Å². The van der Waals surface area contributed by atoms with E-state index in [1.165, 1.54) is 23.9 Å². The largest absolute Gasteiger partial charge is 0.298 e. The molecule has 2 aromatic rings. The molecular formula is C12H12N4O2S. The highest BCUT2D eigenvalue weighted by atomic mass is 32.2. The van der Waals surface area contributed by atoms with Crippen LogP contribution in [-0.4, -0.2) is 25.9 Å². The molecule has 19 heavy (non-hydrogen) atoms. The molecule has 6 nitrogen and oxygen atoms in total. The Morgan fingerprint density at radius 3 is 2.63 bits per heavy atom. The van der Waals surface area contributed by atoms with Gasteiger partial charge in [-0.05, 0) is 18.4 Å². The minimum Gasteiger partial charge on any atom is -0.298 e. The van der Waals surface area contributed by atoms with Crippen LogP contribution in [-0.2, 0) is 6.54 Å². The first kappa shape index (κ1) is 13.3. The maximum Gasteiger partial charge on any atom is 0.269 e. The number of allylic oxidation sites excluding steroid dienone is 1. The molecule has 0 N–H and O–H groups in total. The molecule has 7 heteroatoms. The van der Waals surface area contributed by atoms with Crippen molar-refractivity contribution in [3.05, 3.63) is 47.0 Å². The molecule has 0 spiro atoms. The molecule has 0 unspecified atom stereocenters. The molecule has 0 aliphatic heterocycles. The smallest absolute Gasteiger partial charge is 0.269 e. The van der Waals surface area contributed by atoms with E-state index in [-0.39, 0.29) is 5.69 Å². The van der Waals surface area contributed by atoms with Crippen LogP contribution in [0.15, 0.2) is 42.1 Å². The summed E-state index contributed by atoms with van der Waals surface area (Å²) >= 11 is 1.49. The van der Waals surface area contributed by atoms with Crippen molar-refractivity contribution >= 4 is 17.4 Å². The van der Waals surface area contributed by atoms with Crippen LogP contribution in [0.1, 0.15) is 0 Å². The first-order valence-corrected chi connectivity index (χ1v) is 6.72. The molecule has 2 rings (SSSR count). The average Bonchev–Trinajstić information content (AvgIpc) is 2.82. The molecule has 0 bridgehead atoms. The lowest BCUT2D eigenvalue weighted by Crippen LogP contribution is -2.00. The van der Waals surface area contributed by atoms with Crippen molar-refractivity contribution in [2.45, 2.75) is 11.7 Å².